The fourth-order valence-corrected chi connectivity index (χ4v) is 9.11. The summed E-state index contributed by atoms with van der Waals surface area (Å²) in [4.78, 5) is 86.7. The van der Waals surface area contributed by atoms with Crippen LogP contribution in [0.2, 0.25) is 0 Å². The van der Waals surface area contributed by atoms with Crippen LogP contribution in [0.5, 0.6) is 0 Å². The third-order valence-corrected chi connectivity index (χ3v) is 12.2. The molecule has 5 N–H and O–H groups in total. The molecule has 4 aromatic rings. The smallest absolute Gasteiger partial charge is 0.407 e. The molecule has 0 bridgehead atoms. The zero-order chi connectivity index (χ0) is 42.4. The Bertz CT molecular complexity index is 2320. The lowest BCUT2D eigenvalue weighted by Crippen LogP contribution is -2.51. The number of anilines is 2. The van der Waals surface area contributed by atoms with Crippen molar-refractivity contribution < 1.29 is 33.4 Å². The van der Waals surface area contributed by atoms with Crippen molar-refractivity contribution in [1.82, 2.24) is 40.4 Å². The fraction of sp³-hybridized carbons (Fsp3) is 0.465. The van der Waals surface area contributed by atoms with Gasteiger partial charge in [0, 0.05) is 30.0 Å². The van der Waals surface area contributed by atoms with Crippen LogP contribution in [0.25, 0.3) is 22.5 Å². The van der Waals surface area contributed by atoms with E-state index in [0.29, 0.717) is 31.2 Å². The number of H-pyrrole nitrogens is 2. The monoisotopic (exact) mass is 820 g/mol. The minimum absolute atomic E-state index is 0.131. The number of fused-ring (bicyclic) bond motifs is 5. The summed E-state index contributed by atoms with van der Waals surface area (Å²) in [6.45, 7) is 8.67. The van der Waals surface area contributed by atoms with Crippen LogP contribution in [-0.2, 0) is 25.5 Å². The Morgan fingerprint density at radius 2 is 1.25 bits per heavy atom. The van der Waals surface area contributed by atoms with E-state index in [1.807, 2.05) is 62.9 Å². The first-order valence-electron chi connectivity index (χ1n) is 20.6. The molecule has 8 rings (SSSR count). The minimum atomic E-state index is -0.725. The first-order chi connectivity index (χ1) is 28.9. The van der Waals surface area contributed by atoms with Gasteiger partial charge in [0.1, 0.15) is 23.7 Å². The van der Waals surface area contributed by atoms with Crippen LogP contribution in [-0.4, -0.2) is 99.2 Å². The van der Waals surface area contributed by atoms with Crippen molar-refractivity contribution in [1.29, 1.82) is 0 Å². The number of hydrogen-bond donors (Lipinski definition) is 5. The highest BCUT2D eigenvalue weighted by molar-refractivity contribution is 6.07. The van der Waals surface area contributed by atoms with E-state index >= 15 is 0 Å². The van der Waals surface area contributed by atoms with E-state index < -0.39 is 24.3 Å². The number of alkyl carbamates (subject to hydrolysis) is 2. The Morgan fingerprint density at radius 1 is 0.733 bits per heavy atom. The predicted molar refractivity (Wildman–Crippen MR) is 222 cm³/mol. The number of carbonyl (C=O) groups is 5. The summed E-state index contributed by atoms with van der Waals surface area (Å²) >= 11 is 0. The molecular formula is C43H52N10O7. The van der Waals surface area contributed by atoms with E-state index in [9.17, 15) is 24.0 Å². The molecule has 0 aliphatic carbocycles. The summed E-state index contributed by atoms with van der Waals surface area (Å²) in [6, 6.07) is 9.70. The average molecular weight is 821 g/mol. The molecule has 2 saturated heterocycles. The van der Waals surface area contributed by atoms with Crippen molar-refractivity contribution >= 4 is 41.4 Å². The average Bonchev–Trinajstić information content (AvgIpc) is 4.09. The largest absolute Gasteiger partial charge is 0.453 e. The fourth-order valence-electron chi connectivity index (χ4n) is 9.11. The topological polar surface area (TPSA) is 207 Å². The minimum Gasteiger partial charge on any atom is -0.453 e. The van der Waals surface area contributed by atoms with Gasteiger partial charge in [0.25, 0.3) is 0 Å². The van der Waals surface area contributed by atoms with Crippen molar-refractivity contribution in [3.63, 3.8) is 0 Å². The predicted octanol–water partition coefficient (Wildman–Crippen LogP) is 6.20. The number of carbonyl (C=O) groups excluding carboxylic acids is 5. The van der Waals surface area contributed by atoms with E-state index in [4.69, 9.17) is 19.4 Å². The van der Waals surface area contributed by atoms with Gasteiger partial charge in [-0.05, 0) is 78.8 Å². The van der Waals surface area contributed by atoms with Crippen molar-refractivity contribution in [2.24, 2.45) is 11.8 Å². The number of nitrogens with zero attached hydrogens (tertiary/aromatic N) is 5. The maximum atomic E-state index is 13.7. The number of benzene rings is 2. The zero-order valence-corrected chi connectivity index (χ0v) is 34.7. The summed E-state index contributed by atoms with van der Waals surface area (Å²) < 4.78 is 9.54. The molecule has 17 heteroatoms. The molecule has 316 valence electrons. The summed E-state index contributed by atoms with van der Waals surface area (Å²) in [7, 11) is 2.56. The van der Waals surface area contributed by atoms with Gasteiger partial charge in [0.2, 0.25) is 11.8 Å². The van der Waals surface area contributed by atoms with Gasteiger partial charge in [-0.3, -0.25) is 14.5 Å². The van der Waals surface area contributed by atoms with Crippen LogP contribution in [0.1, 0.15) is 94.3 Å². The van der Waals surface area contributed by atoms with Crippen molar-refractivity contribution in [2.45, 2.75) is 90.0 Å². The van der Waals surface area contributed by atoms with Gasteiger partial charge in [0.05, 0.1) is 56.1 Å². The molecule has 60 heavy (non-hydrogen) atoms. The molecular weight excluding hydrogens is 769 g/mol. The van der Waals surface area contributed by atoms with Crippen LogP contribution in [0, 0.1) is 11.8 Å². The molecule has 5 atom stereocenters. The Labute approximate surface area is 348 Å². The number of likely N-dealkylation sites (tertiary alicyclic amines) is 2. The van der Waals surface area contributed by atoms with Gasteiger partial charge in [-0.25, -0.2) is 24.4 Å². The molecule has 0 radical (unpaired) electrons. The van der Waals surface area contributed by atoms with Gasteiger partial charge in [-0.15, -0.1) is 0 Å². The van der Waals surface area contributed by atoms with Gasteiger partial charge in [-0.2, -0.15) is 0 Å². The molecule has 2 aromatic heterocycles. The standard InChI is InChI=1S/C43H52N10O7/c1-22(2)35(49-42(57)59-5)39(54)51-15-7-9-32(51)37-44-20-29(46-37)24-12-14-31-26(17-24)19-34-27-13-11-25(18-28(27)48-41(56)53(31)34)30-21-45-38(47-30)33-10-8-16-52(33)40(55)36(23(3)4)50-43(58)60-6/h11-14,17-18,20-23,32-36H,7-10,15-16,19H2,1-6H3,(H,44,46)(H,45,47)(H,48,56)(H,49,57)(H,50,58)/t32-,33-,34?,35?,36?/m0/s1. The molecule has 0 spiro atoms. The number of nitrogens with one attached hydrogen (secondary N) is 5. The van der Waals surface area contributed by atoms with E-state index in [1.165, 1.54) is 14.2 Å². The van der Waals surface area contributed by atoms with Crippen LogP contribution in [0.15, 0.2) is 48.8 Å². The lowest BCUT2D eigenvalue weighted by molar-refractivity contribution is -0.136. The van der Waals surface area contributed by atoms with E-state index in [2.05, 4.69) is 32.0 Å². The molecule has 0 saturated carbocycles. The molecule has 4 aliphatic rings. The summed E-state index contributed by atoms with van der Waals surface area (Å²) in [5, 5.41) is 8.49. The summed E-state index contributed by atoms with van der Waals surface area (Å²) in [5.74, 6) is 0.742. The van der Waals surface area contributed by atoms with Crippen LogP contribution in [0.4, 0.5) is 25.8 Å². The second kappa shape index (κ2) is 16.3. The SMILES string of the molecule is COC(=O)NC(C(=O)N1CCC[C@H]1c1ncc(-c2ccc3c(c2)CC2c4ccc(-c5cnc([C@@H]6CCCN6C(=O)C(NC(=O)OC)C(C)C)[nH]5)cc4NC(=O)N32)[nH]1)C(C)C. The third kappa shape index (κ3) is 7.41. The number of imidazole rings is 2. The number of hydrogen-bond acceptors (Lipinski definition) is 9. The number of urea groups is 1. The number of ether oxygens (including phenoxy) is 2. The van der Waals surface area contributed by atoms with Crippen LogP contribution >= 0.6 is 0 Å². The maximum absolute atomic E-state index is 13.7. The number of amides is 6. The maximum Gasteiger partial charge on any atom is 0.407 e. The summed E-state index contributed by atoms with van der Waals surface area (Å²) in [5.41, 5.74) is 6.93. The Balaban J connectivity index is 0.974. The quantitative estimate of drug-likeness (QED) is 0.123. The number of aromatic nitrogens is 4. The molecule has 17 nitrogen and oxygen atoms in total. The molecule has 4 aliphatic heterocycles. The second-order valence-corrected chi connectivity index (χ2v) is 16.6. The van der Waals surface area contributed by atoms with Crippen molar-refractivity contribution in [3.05, 3.63) is 71.6 Å². The van der Waals surface area contributed by atoms with E-state index in [1.54, 1.807) is 22.2 Å². The van der Waals surface area contributed by atoms with E-state index in [0.717, 1.165) is 70.7 Å². The molecule has 2 aromatic carbocycles. The second-order valence-electron chi connectivity index (χ2n) is 16.6. The van der Waals surface area contributed by atoms with Gasteiger partial charge >= 0.3 is 18.2 Å². The highest BCUT2D eigenvalue weighted by Crippen LogP contribution is 2.47. The zero-order valence-electron chi connectivity index (χ0n) is 34.7. The first kappa shape index (κ1) is 40.4. The van der Waals surface area contributed by atoms with Gasteiger partial charge in [0.15, 0.2) is 0 Å². The third-order valence-electron chi connectivity index (χ3n) is 12.2. The first-order valence-corrected chi connectivity index (χ1v) is 20.6. The Kier molecular flexibility index (Phi) is 11.0. The van der Waals surface area contributed by atoms with Crippen LogP contribution < -0.4 is 20.9 Å². The van der Waals surface area contributed by atoms with E-state index in [-0.39, 0.29) is 47.8 Å². The lowest BCUT2D eigenvalue weighted by atomic mass is 9.96. The molecule has 3 unspecified atom stereocenters. The molecule has 6 heterocycles. The Morgan fingerprint density at radius 3 is 1.77 bits per heavy atom. The number of rotatable bonds is 10. The van der Waals surface area contributed by atoms with Gasteiger partial charge < -0.3 is 45.2 Å². The lowest BCUT2D eigenvalue weighted by Gasteiger charge is -2.33. The normalized spacial score (nSPS) is 20.4. The van der Waals surface area contributed by atoms with Crippen molar-refractivity contribution in [3.8, 4) is 22.5 Å². The summed E-state index contributed by atoms with van der Waals surface area (Å²) in [6.07, 6.45) is 5.98. The number of methoxy groups -OCH3 is 2. The molecule has 6 amide bonds. The molecule has 2 fully saturated rings. The van der Waals surface area contributed by atoms with Crippen LogP contribution in [0.3, 0.4) is 0 Å². The van der Waals surface area contributed by atoms with Crippen molar-refractivity contribution in [2.75, 3.05) is 37.5 Å². The Hall–Kier alpha value is -6.39. The highest BCUT2D eigenvalue weighted by atomic mass is 16.5. The highest BCUT2D eigenvalue weighted by Gasteiger charge is 2.42. The number of aromatic amines is 2. The van der Waals surface area contributed by atoms with Gasteiger partial charge in [-0.1, -0.05) is 45.9 Å².